The summed E-state index contributed by atoms with van der Waals surface area (Å²) in [7, 11) is 1.74. The number of fused-ring (bicyclic) bond motifs is 1. The molecule has 68 valence electrons. The van der Waals surface area contributed by atoms with Gasteiger partial charge in [-0.05, 0) is 6.42 Å². The van der Waals surface area contributed by atoms with Gasteiger partial charge in [0.1, 0.15) is 0 Å². The molecule has 2 rings (SSSR count). The van der Waals surface area contributed by atoms with E-state index < -0.39 is 0 Å². The van der Waals surface area contributed by atoms with Crippen LogP contribution in [0.15, 0.2) is 23.4 Å². The summed E-state index contributed by atoms with van der Waals surface area (Å²) >= 11 is 0. The van der Waals surface area contributed by atoms with Gasteiger partial charge in [-0.2, -0.15) is 0 Å². The molecule has 1 aliphatic heterocycles. The van der Waals surface area contributed by atoms with Gasteiger partial charge < -0.3 is 4.90 Å². The molecule has 3 heteroatoms. The largest absolute Gasteiger partial charge is 0.318 e. The zero-order valence-corrected chi connectivity index (χ0v) is 7.49. The van der Waals surface area contributed by atoms with E-state index in [4.69, 9.17) is 0 Å². The number of nitrogens with zero attached hydrogens (tertiary/aromatic N) is 1. The first-order valence-corrected chi connectivity index (χ1v) is 4.36. The van der Waals surface area contributed by atoms with Crippen LogP contribution >= 0.6 is 0 Å². The molecule has 0 aromatic carbocycles. The third kappa shape index (κ3) is 1.11. The Kier molecular flexibility index (Phi) is 1.79. The van der Waals surface area contributed by atoms with Crippen molar-refractivity contribution in [3.8, 4) is 0 Å². The Bertz CT molecular complexity index is 328. The van der Waals surface area contributed by atoms with Crippen LogP contribution in [0.25, 0.3) is 0 Å². The van der Waals surface area contributed by atoms with Gasteiger partial charge in [0.05, 0.1) is 0 Å². The third-order valence-electron chi connectivity index (χ3n) is 2.68. The van der Waals surface area contributed by atoms with Crippen molar-refractivity contribution in [2.24, 2.45) is 5.92 Å². The van der Waals surface area contributed by atoms with E-state index in [9.17, 15) is 9.59 Å². The number of rotatable bonds is 1. The highest BCUT2D eigenvalue weighted by molar-refractivity contribution is 5.87. The highest BCUT2D eigenvalue weighted by Crippen LogP contribution is 2.35. The Labute approximate surface area is 76.7 Å². The number of aldehydes is 1. The number of hydrogen-bond donors (Lipinski definition) is 0. The van der Waals surface area contributed by atoms with E-state index in [1.807, 2.05) is 6.08 Å². The smallest absolute Gasteiger partial charge is 0.227 e. The fraction of sp³-hybridized carbons (Fsp3) is 0.400. The van der Waals surface area contributed by atoms with Crippen molar-refractivity contribution in [3.63, 3.8) is 0 Å². The topological polar surface area (TPSA) is 37.4 Å². The quantitative estimate of drug-likeness (QED) is 0.557. The van der Waals surface area contributed by atoms with Crippen LogP contribution in [0.4, 0.5) is 0 Å². The molecule has 0 N–H and O–H groups in total. The molecule has 0 aromatic rings. The maximum absolute atomic E-state index is 11.4. The lowest BCUT2D eigenvalue weighted by molar-refractivity contribution is -0.125. The molecule has 1 atom stereocenters. The summed E-state index contributed by atoms with van der Waals surface area (Å²) in [5.74, 6) is 0.353. The van der Waals surface area contributed by atoms with Crippen LogP contribution in [-0.2, 0) is 9.59 Å². The first-order valence-electron chi connectivity index (χ1n) is 4.36. The van der Waals surface area contributed by atoms with Crippen molar-refractivity contribution < 1.29 is 9.59 Å². The maximum atomic E-state index is 11.4. The highest BCUT2D eigenvalue weighted by atomic mass is 16.2. The summed E-state index contributed by atoms with van der Waals surface area (Å²) in [4.78, 5) is 23.7. The predicted octanol–water partition coefficient (Wildman–Crippen LogP) is 0.878. The molecular weight excluding hydrogens is 166 g/mol. The van der Waals surface area contributed by atoms with Gasteiger partial charge in [0.15, 0.2) is 6.29 Å². The molecule has 3 nitrogen and oxygen atoms in total. The summed E-state index contributed by atoms with van der Waals surface area (Å²) in [6.07, 6.45) is 6.02. The first-order chi connectivity index (χ1) is 6.24. The van der Waals surface area contributed by atoms with Gasteiger partial charge in [0.25, 0.3) is 0 Å². The fourth-order valence-corrected chi connectivity index (χ4v) is 2.02. The lowest BCUT2D eigenvalue weighted by Gasteiger charge is -2.19. The molecule has 1 amide bonds. The van der Waals surface area contributed by atoms with Crippen molar-refractivity contribution in [3.05, 3.63) is 23.4 Å². The second kappa shape index (κ2) is 2.83. The van der Waals surface area contributed by atoms with Crippen LogP contribution in [0.1, 0.15) is 12.8 Å². The summed E-state index contributed by atoms with van der Waals surface area (Å²) in [5.41, 5.74) is 1.56. The summed E-state index contributed by atoms with van der Waals surface area (Å²) in [6.45, 7) is 0. The number of allylic oxidation sites excluding steroid dienone is 4. The van der Waals surface area contributed by atoms with Crippen molar-refractivity contribution in [1.82, 2.24) is 4.90 Å². The second-order valence-electron chi connectivity index (χ2n) is 3.45. The Morgan fingerprint density at radius 3 is 3.08 bits per heavy atom. The summed E-state index contributed by atoms with van der Waals surface area (Å²) in [5, 5.41) is 0. The minimum atomic E-state index is 0.114. The van der Waals surface area contributed by atoms with Gasteiger partial charge in [-0.1, -0.05) is 12.2 Å². The number of carbonyl (C=O) groups is 2. The molecular formula is C10H11NO2. The minimum Gasteiger partial charge on any atom is -0.318 e. The van der Waals surface area contributed by atoms with Gasteiger partial charge in [-0.15, -0.1) is 0 Å². The normalized spacial score (nSPS) is 26.7. The van der Waals surface area contributed by atoms with Crippen LogP contribution in [0.3, 0.4) is 0 Å². The zero-order chi connectivity index (χ0) is 9.42. The summed E-state index contributed by atoms with van der Waals surface area (Å²) < 4.78 is 0. The van der Waals surface area contributed by atoms with Crippen molar-refractivity contribution >= 4 is 12.2 Å². The minimum absolute atomic E-state index is 0.114. The van der Waals surface area contributed by atoms with Gasteiger partial charge in [0.2, 0.25) is 5.91 Å². The van der Waals surface area contributed by atoms with Gasteiger partial charge in [0, 0.05) is 30.7 Å². The third-order valence-corrected chi connectivity index (χ3v) is 2.68. The maximum Gasteiger partial charge on any atom is 0.227 e. The molecule has 0 spiro atoms. The monoisotopic (exact) mass is 177 g/mol. The molecule has 0 radical (unpaired) electrons. The molecule has 1 unspecified atom stereocenters. The first kappa shape index (κ1) is 8.23. The van der Waals surface area contributed by atoms with Crippen LogP contribution in [-0.4, -0.2) is 24.1 Å². The van der Waals surface area contributed by atoms with E-state index >= 15 is 0 Å². The van der Waals surface area contributed by atoms with E-state index in [1.165, 1.54) is 0 Å². The second-order valence-corrected chi connectivity index (χ2v) is 3.45. The average Bonchev–Trinajstić information content (AvgIpc) is 2.43. The molecule has 1 heterocycles. The van der Waals surface area contributed by atoms with Crippen LogP contribution in [0, 0.1) is 5.92 Å². The average molecular weight is 177 g/mol. The van der Waals surface area contributed by atoms with Crippen molar-refractivity contribution in [2.45, 2.75) is 12.8 Å². The van der Waals surface area contributed by atoms with Crippen LogP contribution in [0.5, 0.6) is 0 Å². The SMILES string of the molecule is CN1C(=O)CC2CC=CC(C=O)=C21. The molecule has 2 aliphatic rings. The van der Waals surface area contributed by atoms with E-state index in [0.29, 0.717) is 12.0 Å². The Balaban J connectivity index is 2.46. The fourth-order valence-electron chi connectivity index (χ4n) is 2.02. The van der Waals surface area contributed by atoms with Crippen LogP contribution in [0.2, 0.25) is 0 Å². The molecule has 0 aromatic heterocycles. The van der Waals surface area contributed by atoms with Crippen molar-refractivity contribution in [2.75, 3.05) is 7.05 Å². The molecule has 1 aliphatic carbocycles. The molecule has 0 bridgehead atoms. The van der Waals surface area contributed by atoms with E-state index in [2.05, 4.69) is 0 Å². The number of likely N-dealkylation sites (tertiary alicyclic amines) is 1. The lowest BCUT2D eigenvalue weighted by Crippen LogP contribution is -2.20. The van der Waals surface area contributed by atoms with E-state index in [0.717, 1.165) is 18.4 Å². The Hall–Kier alpha value is -1.38. The van der Waals surface area contributed by atoms with Gasteiger partial charge in [-0.25, -0.2) is 0 Å². The molecule has 1 saturated heterocycles. The highest BCUT2D eigenvalue weighted by Gasteiger charge is 2.34. The predicted molar refractivity (Wildman–Crippen MR) is 47.7 cm³/mol. The van der Waals surface area contributed by atoms with E-state index in [-0.39, 0.29) is 11.8 Å². The number of amides is 1. The molecule has 0 saturated carbocycles. The molecule has 1 fully saturated rings. The number of carbonyl (C=O) groups excluding carboxylic acids is 2. The van der Waals surface area contributed by atoms with E-state index in [1.54, 1.807) is 18.0 Å². The summed E-state index contributed by atoms with van der Waals surface area (Å²) in [6, 6.07) is 0. The van der Waals surface area contributed by atoms with Gasteiger partial charge in [-0.3, -0.25) is 9.59 Å². The lowest BCUT2D eigenvalue weighted by atomic mass is 9.93. The standard InChI is InChI=1S/C10H11NO2/c1-11-9(13)5-7-3-2-4-8(6-12)10(7)11/h2,4,6-7H,3,5H2,1H3. The Morgan fingerprint density at radius 1 is 1.62 bits per heavy atom. The zero-order valence-electron chi connectivity index (χ0n) is 7.49. The number of hydrogen-bond acceptors (Lipinski definition) is 2. The van der Waals surface area contributed by atoms with Crippen molar-refractivity contribution in [1.29, 1.82) is 0 Å². The van der Waals surface area contributed by atoms with Crippen LogP contribution < -0.4 is 0 Å². The Morgan fingerprint density at radius 2 is 2.38 bits per heavy atom. The van der Waals surface area contributed by atoms with Gasteiger partial charge >= 0.3 is 0 Å². The molecule has 13 heavy (non-hydrogen) atoms.